The summed E-state index contributed by atoms with van der Waals surface area (Å²) in [5.74, 6) is 0.216. The minimum absolute atomic E-state index is 0.228. The van der Waals surface area contributed by atoms with Gasteiger partial charge < -0.3 is 4.52 Å². The van der Waals surface area contributed by atoms with Crippen LogP contribution >= 0.6 is 22.9 Å². The van der Waals surface area contributed by atoms with Crippen LogP contribution in [0.4, 0.5) is 5.13 Å². The number of halogens is 1. The molecule has 0 fully saturated rings. The van der Waals surface area contributed by atoms with Crippen molar-refractivity contribution in [1.29, 1.82) is 0 Å². The molecule has 9 heteroatoms. The van der Waals surface area contributed by atoms with E-state index < -0.39 is 0 Å². The van der Waals surface area contributed by atoms with Gasteiger partial charge >= 0.3 is 0 Å². The summed E-state index contributed by atoms with van der Waals surface area (Å²) in [6, 6.07) is 0. The zero-order chi connectivity index (χ0) is 18.3. The first kappa shape index (κ1) is 17.6. The van der Waals surface area contributed by atoms with Crippen LogP contribution in [-0.2, 0) is 6.54 Å². The lowest BCUT2D eigenvalue weighted by Crippen LogP contribution is -2.16. The molecule has 0 aliphatic heterocycles. The summed E-state index contributed by atoms with van der Waals surface area (Å²) >= 11 is 7.62. The number of nitrogens with one attached hydrogen (secondary N) is 1. The topological polar surface area (TPSA) is 85.8 Å². The number of hydrogen-bond acceptors (Lipinski definition) is 6. The Bertz CT molecular complexity index is 937. The van der Waals surface area contributed by atoms with Gasteiger partial charge in [-0.25, -0.2) is 4.98 Å². The first-order valence-electron chi connectivity index (χ1n) is 7.68. The fourth-order valence-corrected chi connectivity index (χ4v) is 3.36. The van der Waals surface area contributed by atoms with Crippen molar-refractivity contribution in [3.63, 3.8) is 0 Å². The highest BCUT2D eigenvalue weighted by Crippen LogP contribution is 2.24. The third-order valence-corrected chi connectivity index (χ3v) is 5.59. The number of carbonyl (C=O) groups excluding carboxylic acids is 1. The van der Waals surface area contributed by atoms with Crippen LogP contribution in [-0.4, -0.2) is 25.8 Å². The highest BCUT2D eigenvalue weighted by atomic mass is 35.5. The maximum absolute atomic E-state index is 12.6. The van der Waals surface area contributed by atoms with Crippen molar-refractivity contribution in [2.24, 2.45) is 0 Å². The molecule has 1 amide bonds. The van der Waals surface area contributed by atoms with Crippen molar-refractivity contribution < 1.29 is 9.32 Å². The first-order valence-corrected chi connectivity index (χ1v) is 8.87. The molecule has 0 spiro atoms. The Kier molecular flexibility index (Phi) is 4.66. The van der Waals surface area contributed by atoms with Gasteiger partial charge in [-0.1, -0.05) is 16.8 Å². The molecule has 0 saturated carbocycles. The molecule has 7 nitrogen and oxygen atoms in total. The minimum atomic E-state index is -0.353. The SMILES string of the molecule is Cc1nc(NC(=O)c2noc(C)c2Cn2nc(C)c(Cl)c2C)sc1C. The Balaban J connectivity index is 1.88. The second-order valence-corrected chi connectivity index (χ2v) is 7.40. The number of aryl methyl sites for hydroxylation is 4. The number of hydrogen-bond donors (Lipinski definition) is 1. The molecule has 3 rings (SSSR count). The van der Waals surface area contributed by atoms with E-state index >= 15 is 0 Å². The molecule has 0 unspecified atom stereocenters. The molecule has 0 saturated heterocycles. The van der Waals surface area contributed by atoms with Gasteiger partial charge in [0.15, 0.2) is 10.8 Å². The highest BCUT2D eigenvalue weighted by Gasteiger charge is 2.23. The molecule has 0 aliphatic carbocycles. The number of nitrogens with zero attached hydrogens (tertiary/aromatic N) is 4. The van der Waals surface area contributed by atoms with Crippen LogP contribution in [0.3, 0.4) is 0 Å². The molecule has 3 aromatic rings. The third-order valence-electron chi connectivity index (χ3n) is 4.05. The van der Waals surface area contributed by atoms with E-state index in [9.17, 15) is 4.79 Å². The summed E-state index contributed by atoms with van der Waals surface area (Å²) in [6.07, 6.45) is 0. The Labute approximate surface area is 154 Å². The largest absolute Gasteiger partial charge is 0.361 e. The van der Waals surface area contributed by atoms with Crippen LogP contribution in [0.5, 0.6) is 0 Å². The lowest BCUT2D eigenvalue weighted by Gasteiger charge is -2.05. The van der Waals surface area contributed by atoms with Crippen molar-refractivity contribution in [2.45, 2.75) is 41.2 Å². The van der Waals surface area contributed by atoms with Gasteiger partial charge in [-0.05, 0) is 34.6 Å². The predicted molar refractivity (Wildman–Crippen MR) is 96.6 cm³/mol. The number of rotatable bonds is 4. The fraction of sp³-hybridized carbons (Fsp3) is 0.375. The van der Waals surface area contributed by atoms with E-state index in [-0.39, 0.29) is 11.6 Å². The molecule has 1 N–H and O–H groups in total. The van der Waals surface area contributed by atoms with Gasteiger partial charge in [-0.15, -0.1) is 11.3 Å². The number of carbonyl (C=O) groups is 1. The molecule has 0 aromatic carbocycles. The number of thiazole rings is 1. The maximum atomic E-state index is 12.6. The molecule has 0 atom stereocenters. The normalized spacial score (nSPS) is 11.1. The van der Waals surface area contributed by atoms with Crippen molar-refractivity contribution >= 4 is 34.0 Å². The van der Waals surface area contributed by atoms with Gasteiger partial charge in [0.1, 0.15) is 5.76 Å². The Hall–Kier alpha value is -2.19. The predicted octanol–water partition coefficient (Wildman–Crippen LogP) is 3.82. The van der Waals surface area contributed by atoms with Crippen LogP contribution in [0, 0.1) is 34.6 Å². The van der Waals surface area contributed by atoms with Crippen LogP contribution in [0.2, 0.25) is 5.02 Å². The summed E-state index contributed by atoms with van der Waals surface area (Å²) < 4.78 is 6.97. The highest BCUT2D eigenvalue weighted by molar-refractivity contribution is 7.15. The van der Waals surface area contributed by atoms with Crippen LogP contribution in [0.1, 0.15) is 43.8 Å². The second kappa shape index (κ2) is 6.61. The second-order valence-electron chi connectivity index (χ2n) is 5.82. The van der Waals surface area contributed by atoms with Crippen LogP contribution < -0.4 is 5.32 Å². The van der Waals surface area contributed by atoms with Gasteiger partial charge in [0.2, 0.25) is 0 Å². The standard InChI is InChI=1S/C16H18ClN5O2S/c1-7-11(5)25-16(18-7)19-15(23)14-12(10(4)24-21-14)6-22-9(3)13(17)8(2)20-22/h6H2,1-5H3,(H,18,19,23). The molecule has 0 bridgehead atoms. The number of aromatic nitrogens is 4. The third kappa shape index (κ3) is 3.32. The quantitative estimate of drug-likeness (QED) is 0.744. The van der Waals surface area contributed by atoms with Crippen molar-refractivity contribution in [3.8, 4) is 0 Å². The summed E-state index contributed by atoms with van der Waals surface area (Å²) in [6.45, 7) is 9.71. The van der Waals surface area contributed by atoms with Crippen LogP contribution in [0.25, 0.3) is 0 Å². The molecular weight excluding hydrogens is 362 g/mol. The summed E-state index contributed by atoms with van der Waals surface area (Å²) in [7, 11) is 0. The molecular formula is C16H18ClN5O2S. The Morgan fingerprint density at radius 3 is 2.52 bits per heavy atom. The zero-order valence-electron chi connectivity index (χ0n) is 14.6. The number of amides is 1. The van der Waals surface area contributed by atoms with E-state index in [1.807, 2.05) is 27.7 Å². The van der Waals surface area contributed by atoms with E-state index in [2.05, 4.69) is 20.6 Å². The zero-order valence-corrected chi connectivity index (χ0v) is 16.2. The Morgan fingerprint density at radius 2 is 1.96 bits per heavy atom. The summed E-state index contributed by atoms with van der Waals surface area (Å²) in [5, 5.41) is 12.3. The minimum Gasteiger partial charge on any atom is -0.361 e. The monoisotopic (exact) mass is 379 g/mol. The molecule has 132 valence electrons. The summed E-state index contributed by atoms with van der Waals surface area (Å²) in [4.78, 5) is 18.0. The molecule has 3 aromatic heterocycles. The van der Waals surface area contributed by atoms with E-state index in [1.54, 1.807) is 11.6 Å². The number of anilines is 1. The van der Waals surface area contributed by atoms with Gasteiger partial charge in [0.25, 0.3) is 5.91 Å². The van der Waals surface area contributed by atoms with Crippen molar-refractivity contribution in [3.05, 3.63) is 44.0 Å². The van der Waals surface area contributed by atoms with Crippen molar-refractivity contribution in [2.75, 3.05) is 5.32 Å². The van der Waals surface area contributed by atoms with E-state index in [0.717, 1.165) is 22.0 Å². The first-order chi connectivity index (χ1) is 11.8. The van der Waals surface area contributed by atoms with Gasteiger partial charge in [-0.3, -0.25) is 14.8 Å². The fourth-order valence-electron chi connectivity index (χ4n) is 2.42. The molecule has 0 aliphatic rings. The lowest BCUT2D eigenvalue weighted by atomic mass is 10.2. The molecule has 0 radical (unpaired) electrons. The summed E-state index contributed by atoms with van der Waals surface area (Å²) in [5.41, 5.74) is 3.37. The smallest absolute Gasteiger partial charge is 0.279 e. The Morgan fingerprint density at radius 1 is 1.24 bits per heavy atom. The average molecular weight is 380 g/mol. The molecule has 25 heavy (non-hydrogen) atoms. The van der Waals surface area contributed by atoms with Crippen molar-refractivity contribution in [1.82, 2.24) is 19.9 Å². The lowest BCUT2D eigenvalue weighted by molar-refractivity contribution is 0.101. The van der Waals surface area contributed by atoms with Gasteiger partial charge in [0, 0.05) is 10.4 Å². The van der Waals surface area contributed by atoms with Gasteiger partial charge in [-0.2, -0.15) is 5.10 Å². The van der Waals surface area contributed by atoms with Gasteiger partial charge in [0.05, 0.1) is 28.6 Å². The van der Waals surface area contributed by atoms with E-state index in [0.29, 0.717) is 28.0 Å². The molecule has 3 heterocycles. The van der Waals surface area contributed by atoms with Crippen LogP contribution in [0.15, 0.2) is 4.52 Å². The maximum Gasteiger partial charge on any atom is 0.279 e. The average Bonchev–Trinajstić information content (AvgIpc) is 3.14. The van der Waals surface area contributed by atoms with E-state index in [1.165, 1.54) is 11.3 Å². The van der Waals surface area contributed by atoms with E-state index in [4.69, 9.17) is 16.1 Å².